The first-order valence-corrected chi connectivity index (χ1v) is 5.12. The molecule has 0 spiro atoms. The Labute approximate surface area is 69.8 Å². The van der Waals surface area contributed by atoms with Gasteiger partial charge in [0.05, 0.1) is 0 Å². The van der Waals surface area contributed by atoms with Crippen molar-refractivity contribution in [1.82, 2.24) is 4.90 Å². The average Bonchev–Trinajstić information content (AvgIpc) is 2.75. The first-order chi connectivity index (χ1) is 5.40. The first-order valence-electron chi connectivity index (χ1n) is 5.12. The van der Waals surface area contributed by atoms with Crippen molar-refractivity contribution < 1.29 is 0 Å². The predicted octanol–water partition coefficient (Wildman–Crippen LogP) is 2.13. The summed E-state index contributed by atoms with van der Waals surface area (Å²) in [7, 11) is 0. The molecule has 11 heavy (non-hydrogen) atoms. The third kappa shape index (κ3) is 1.76. The number of rotatable bonds is 3. The molecular formula is C10H19N. The molecule has 1 heterocycles. The average molecular weight is 153 g/mol. The van der Waals surface area contributed by atoms with E-state index < -0.39 is 0 Å². The van der Waals surface area contributed by atoms with E-state index in [-0.39, 0.29) is 0 Å². The second kappa shape index (κ2) is 3.14. The Bertz CT molecular complexity index is 129. The van der Waals surface area contributed by atoms with Gasteiger partial charge < -0.3 is 4.90 Å². The Morgan fingerprint density at radius 3 is 2.64 bits per heavy atom. The van der Waals surface area contributed by atoms with Gasteiger partial charge in [0.25, 0.3) is 0 Å². The van der Waals surface area contributed by atoms with Gasteiger partial charge in [-0.15, -0.1) is 0 Å². The third-order valence-corrected chi connectivity index (χ3v) is 3.14. The van der Waals surface area contributed by atoms with Crippen LogP contribution in [0.15, 0.2) is 0 Å². The SMILES string of the molecule is CCCN1CC[C@@H](C2CC2)C1. The summed E-state index contributed by atoms with van der Waals surface area (Å²) in [5.74, 6) is 2.22. The van der Waals surface area contributed by atoms with E-state index >= 15 is 0 Å². The Balaban J connectivity index is 1.74. The van der Waals surface area contributed by atoms with Gasteiger partial charge in [-0.25, -0.2) is 0 Å². The molecule has 64 valence electrons. The quantitative estimate of drug-likeness (QED) is 0.600. The Kier molecular flexibility index (Phi) is 2.17. The number of hydrogen-bond donors (Lipinski definition) is 0. The van der Waals surface area contributed by atoms with Crippen LogP contribution in [0.2, 0.25) is 0 Å². The van der Waals surface area contributed by atoms with E-state index in [0.29, 0.717) is 0 Å². The molecule has 0 aromatic heterocycles. The summed E-state index contributed by atoms with van der Waals surface area (Å²) in [5, 5.41) is 0. The summed E-state index contributed by atoms with van der Waals surface area (Å²) in [5.41, 5.74) is 0. The normalized spacial score (nSPS) is 33.0. The molecule has 2 rings (SSSR count). The fourth-order valence-corrected chi connectivity index (χ4v) is 2.33. The van der Waals surface area contributed by atoms with Crippen LogP contribution in [0.25, 0.3) is 0 Å². The summed E-state index contributed by atoms with van der Waals surface area (Å²) in [6.07, 6.45) is 5.89. The zero-order chi connectivity index (χ0) is 7.68. The van der Waals surface area contributed by atoms with Crippen molar-refractivity contribution in [2.24, 2.45) is 11.8 Å². The van der Waals surface area contributed by atoms with Crippen LogP contribution in [0.3, 0.4) is 0 Å². The van der Waals surface area contributed by atoms with Crippen LogP contribution in [0.5, 0.6) is 0 Å². The molecule has 2 aliphatic rings. The van der Waals surface area contributed by atoms with Crippen molar-refractivity contribution in [3.05, 3.63) is 0 Å². The van der Waals surface area contributed by atoms with Crippen LogP contribution in [0.1, 0.15) is 32.6 Å². The lowest BCUT2D eigenvalue weighted by Gasteiger charge is -2.13. The van der Waals surface area contributed by atoms with E-state index in [4.69, 9.17) is 0 Å². The van der Waals surface area contributed by atoms with Crippen molar-refractivity contribution in [1.29, 1.82) is 0 Å². The van der Waals surface area contributed by atoms with Crippen LogP contribution < -0.4 is 0 Å². The standard InChI is InChI=1S/C10H19N/c1-2-6-11-7-5-10(8-11)9-3-4-9/h9-10H,2-8H2,1H3/t10-/m1/s1. The van der Waals surface area contributed by atoms with Crippen LogP contribution in [0, 0.1) is 11.8 Å². The molecule has 1 aliphatic carbocycles. The summed E-state index contributed by atoms with van der Waals surface area (Å²) in [6, 6.07) is 0. The number of nitrogens with zero attached hydrogens (tertiary/aromatic N) is 1. The van der Waals surface area contributed by atoms with Gasteiger partial charge >= 0.3 is 0 Å². The molecule has 1 nitrogen and oxygen atoms in total. The Morgan fingerprint density at radius 2 is 2.00 bits per heavy atom. The molecule has 1 saturated heterocycles. The molecule has 1 atom stereocenters. The van der Waals surface area contributed by atoms with Crippen LogP contribution in [0.4, 0.5) is 0 Å². The van der Waals surface area contributed by atoms with Crippen molar-refractivity contribution in [2.45, 2.75) is 32.6 Å². The number of likely N-dealkylation sites (tertiary alicyclic amines) is 1. The van der Waals surface area contributed by atoms with Crippen LogP contribution in [-0.2, 0) is 0 Å². The summed E-state index contributed by atoms with van der Waals surface area (Å²) >= 11 is 0. The lowest BCUT2D eigenvalue weighted by Crippen LogP contribution is -2.21. The fourth-order valence-electron chi connectivity index (χ4n) is 2.33. The summed E-state index contributed by atoms with van der Waals surface area (Å²) in [4.78, 5) is 2.64. The maximum Gasteiger partial charge on any atom is 0.00128 e. The van der Waals surface area contributed by atoms with Gasteiger partial charge in [-0.05, 0) is 50.6 Å². The monoisotopic (exact) mass is 153 g/mol. The first kappa shape index (κ1) is 7.60. The van der Waals surface area contributed by atoms with E-state index in [1.54, 1.807) is 0 Å². The second-order valence-electron chi connectivity index (χ2n) is 4.19. The highest BCUT2D eigenvalue weighted by atomic mass is 15.1. The van der Waals surface area contributed by atoms with E-state index in [1.165, 1.54) is 45.3 Å². The fraction of sp³-hybridized carbons (Fsp3) is 1.00. The topological polar surface area (TPSA) is 3.24 Å². The lowest BCUT2D eigenvalue weighted by molar-refractivity contribution is 0.318. The molecule has 0 unspecified atom stereocenters. The largest absolute Gasteiger partial charge is 0.303 e. The molecular weight excluding hydrogens is 134 g/mol. The minimum absolute atomic E-state index is 1.08. The Hall–Kier alpha value is -0.0400. The molecule has 0 radical (unpaired) electrons. The van der Waals surface area contributed by atoms with Gasteiger partial charge in [0, 0.05) is 6.54 Å². The molecule has 0 N–H and O–H groups in total. The van der Waals surface area contributed by atoms with E-state index in [9.17, 15) is 0 Å². The second-order valence-corrected chi connectivity index (χ2v) is 4.19. The molecule has 0 bridgehead atoms. The van der Waals surface area contributed by atoms with Crippen LogP contribution >= 0.6 is 0 Å². The Morgan fingerprint density at radius 1 is 1.18 bits per heavy atom. The van der Waals surface area contributed by atoms with Crippen LogP contribution in [-0.4, -0.2) is 24.5 Å². The molecule has 1 aliphatic heterocycles. The van der Waals surface area contributed by atoms with E-state index in [0.717, 1.165) is 11.8 Å². The van der Waals surface area contributed by atoms with Gasteiger partial charge in [-0.1, -0.05) is 6.92 Å². The zero-order valence-electron chi connectivity index (χ0n) is 7.55. The highest BCUT2D eigenvalue weighted by molar-refractivity contribution is 4.87. The number of hydrogen-bond acceptors (Lipinski definition) is 1. The molecule has 1 heteroatoms. The molecule has 1 saturated carbocycles. The zero-order valence-corrected chi connectivity index (χ0v) is 7.55. The highest BCUT2D eigenvalue weighted by Gasteiger charge is 2.35. The van der Waals surface area contributed by atoms with Crippen molar-refractivity contribution >= 4 is 0 Å². The smallest absolute Gasteiger partial charge is 0.00128 e. The molecule has 2 fully saturated rings. The molecule has 0 aromatic rings. The van der Waals surface area contributed by atoms with Crippen molar-refractivity contribution in [2.75, 3.05) is 19.6 Å². The maximum atomic E-state index is 2.64. The minimum Gasteiger partial charge on any atom is -0.303 e. The van der Waals surface area contributed by atoms with Gasteiger partial charge in [-0.2, -0.15) is 0 Å². The molecule has 0 amide bonds. The maximum absolute atomic E-state index is 2.64. The van der Waals surface area contributed by atoms with E-state index in [1.807, 2.05) is 0 Å². The van der Waals surface area contributed by atoms with Gasteiger partial charge in [0.1, 0.15) is 0 Å². The van der Waals surface area contributed by atoms with E-state index in [2.05, 4.69) is 11.8 Å². The highest BCUT2D eigenvalue weighted by Crippen LogP contribution is 2.41. The summed E-state index contributed by atoms with van der Waals surface area (Å²) < 4.78 is 0. The lowest BCUT2D eigenvalue weighted by atomic mass is 10.0. The van der Waals surface area contributed by atoms with Crippen molar-refractivity contribution in [3.8, 4) is 0 Å². The third-order valence-electron chi connectivity index (χ3n) is 3.14. The van der Waals surface area contributed by atoms with Crippen molar-refractivity contribution in [3.63, 3.8) is 0 Å². The predicted molar refractivity (Wildman–Crippen MR) is 47.6 cm³/mol. The molecule has 0 aromatic carbocycles. The van der Waals surface area contributed by atoms with Gasteiger partial charge in [0.2, 0.25) is 0 Å². The van der Waals surface area contributed by atoms with Gasteiger partial charge in [0.15, 0.2) is 0 Å². The minimum atomic E-state index is 1.08. The van der Waals surface area contributed by atoms with Gasteiger partial charge in [-0.3, -0.25) is 0 Å². The summed E-state index contributed by atoms with van der Waals surface area (Å²) in [6.45, 7) is 6.42.